The molecule has 0 aliphatic carbocycles. The minimum Gasteiger partial charge on any atom is -0.294 e. The van der Waals surface area contributed by atoms with Crippen LogP contribution < -0.4 is 5.32 Å². The van der Waals surface area contributed by atoms with E-state index in [1.54, 1.807) is 0 Å². The monoisotopic (exact) mass is 373 g/mol. The van der Waals surface area contributed by atoms with Crippen LogP contribution in [0.5, 0.6) is 0 Å². The van der Waals surface area contributed by atoms with Gasteiger partial charge in [0.2, 0.25) is 11.9 Å². The number of hydrogen-bond acceptors (Lipinski definition) is 3. The van der Waals surface area contributed by atoms with Gasteiger partial charge in [-0.05, 0) is 6.42 Å². The second-order valence-electron chi connectivity index (χ2n) is 6.17. The molecule has 0 unspecified atom stereocenters. The molecule has 0 radical (unpaired) electrons. The van der Waals surface area contributed by atoms with E-state index in [0.717, 1.165) is 12.8 Å². The van der Waals surface area contributed by atoms with Gasteiger partial charge in [0.05, 0.1) is 0 Å². The lowest BCUT2D eigenvalue weighted by Gasteiger charge is -2.05. The normalized spacial score (nSPS) is 10.8. The van der Waals surface area contributed by atoms with Crippen LogP contribution in [0.3, 0.4) is 0 Å². The van der Waals surface area contributed by atoms with Crippen molar-refractivity contribution in [3.63, 3.8) is 0 Å². The molecule has 1 heterocycles. The third kappa shape index (κ3) is 10.8. The summed E-state index contributed by atoms with van der Waals surface area (Å²) in [6.07, 6.45) is 14.4. The highest BCUT2D eigenvalue weighted by molar-refractivity contribution is 6.33. The Morgan fingerprint density at radius 2 is 1.33 bits per heavy atom. The van der Waals surface area contributed by atoms with Crippen LogP contribution >= 0.6 is 23.2 Å². The third-order valence-electron chi connectivity index (χ3n) is 3.92. The number of aromatic nitrogens is 2. The van der Waals surface area contributed by atoms with Crippen molar-refractivity contribution in [3.05, 3.63) is 16.4 Å². The molecule has 1 rings (SSSR count). The molecule has 1 aromatic heterocycles. The van der Waals surface area contributed by atoms with Crippen LogP contribution in [0.1, 0.15) is 84.0 Å². The number of hydrogen-bond donors (Lipinski definition) is 1. The van der Waals surface area contributed by atoms with Crippen molar-refractivity contribution in [2.24, 2.45) is 0 Å². The summed E-state index contributed by atoms with van der Waals surface area (Å²) in [5.41, 5.74) is 0. The highest BCUT2D eigenvalue weighted by Crippen LogP contribution is 2.15. The molecule has 136 valence electrons. The summed E-state index contributed by atoms with van der Waals surface area (Å²) in [6, 6.07) is 1.43. The number of carbonyl (C=O) groups is 1. The van der Waals surface area contributed by atoms with E-state index in [1.165, 1.54) is 63.9 Å². The molecule has 0 saturated heterocycles. The molecule has 0 aromatic carbocycles. The first-order chi connectivity index (χ1) is 11.6. The molecule has 1 amide bonds. The van der Waals surface area contributed by atoms with E-state index < -0.39 is 0 Å². The van der Waals surface area contributed by atoms with E-state index in [0.29, 0.717) is 6.42 Å². The maximum absolute atomic E-state index is 11.8. The van der Waals surface area contributed by atoms with Gasteiger partial charge in [0.1, 0.15) is 10.3 Å². The van der Waals surface area contributed by atoms with Gasteiger partial charge in [-0.25, -0.2) is 9.97 Å². The number of unbranched alkanes of at least 4 members (excludes halogenated alkanes) is 10. The van der Waals surface area contributed by atoms with Crippen molar-refractivity contribution in [1.82, 2.24) is 9.97 Å². The number of carbonyl (C=O) groups excluding carboxylic acids is 1. The zero-order chi connectivity index (χ0) is 17.6. The summed E-state index contributed by atoms with van der Waals surface area (Å²) in [5, 5.41) is 3.07. The molecule has 0 saturated carbocycles. The minimum atomic E-state index is -0.0933. The van der Waals surface area contributed by atoms with E-state index in [-0.39, 0.29) is 22.2 Å². The largest absolute Gasteiger partial charge is 0.294 e. The van der Waals surface area contributed by atoms with Gasteiger partial charge in [0, 0.05) is 12.5 Å². The average Bonchev–Trinajstić information content (AvgIpc) is 2.51. The fraction of sp³-hybridized carbons (Fsp3) is 0.722. The molecule has 0 spiro atoms. The van der Waals surface area contributed by atoms with Crippen molar-refractivity contribution >= 4 is 35.1 Å². The van der Waals surface area contributed by atoms with Crippen LogP contribution in [0, 0.1) is 0 Å². The maximum atomic E-state index is 11.8. The predicted molar refractivity (Wildman–Crippen MR) is 102 cm³/mol. The summed E-state index contributed by atoms with van der Waals surface area (Å²) in [6.45, 7) is 2.25. The third-order valence-corrected chi connectivity index (χ3v) is 4.31. The standard InChI is InChI=1S/C18H29Cl2N3O/c1-2-3-4-5-6-7-8-9-10-11-12-13-17(24)23-18-21-15(19)14-16(20)22-18/h14H,2-13H2,1H3,(H,21,22,23,24). The van der Waals surface area contributed by atoms with Crippen molar-refractivity contribution < 1.29 is 4.79 Å². The summed E-state index contributed by atoms with van der Waals surface area (Å²) in [7, 11) is 0. The first-order valence-corrected chi connectivity index (χ1v) is 9.87. The lowest BCUT2D eigenvalue weighted by Crippen LogP contribution is -2.13. The predicted octanol–water partition coefficient (Wildman–Crippen LogP) is 6.42. The number of amides is 1. The van der Waals surface area contributed by atoms with Crippen molar-refractivity contribution in [2.45, 2.75) is 84.0 Å². The van der Waals surface area contributed by atoms with Crippen LogP contribution in [0.2, 0.25) is 10.3 Å². The quantitative estimate of drug-likeness (QED) is 0.320. The molecular weight excluding hydrogens is 345 g/mol. The van der Waals surface area contributed by atoms with E-state index in [9.17, 15) is 4.79 Å². The smallest absolute Gasteiger partial charge is 0.232 e. The number of halogens is 2. The van der Waals surface area contributed by atoms with Gasteiger partial charge in [0.15, 0.2) is 0 Å². The summed E-state index contributed by atoms with van der Waals surface area (Å²) >= 11 is 11.5. The fourth-order valence-corrected chi connectivity index (χ4v) is 3.01. The topological polar surface area (TPSA) is 54.9 Å². The molecule has 0 aliphatic heterocycles. The molecular formula is C18H29Cl2N3O. The molecule has 0 fully saturated rings. The van der Waals surface area contributed by atoms with E-state index >= 15 is 0 Å². The van der Waals surface area contributed by atoms with Gasteiger partial charge in [0.25, 0.3) is 0 Å². The van der Waals surface area contributed by atoms with Crippen molar-refractivity contribution in [1.29, 1.82) is 0 Å². The summed E-state index contributed by atoms with van der Waals surface area (Å²) in [4.78, 5) is 19.7. The Labute approximate surface area is 155 Å². The summed E-state index contributed by atoms with van der Waals surface area (Å²) in [5.74, 6) is 0.0739. The minimum absolute atomic E-state index is 0.0933. The van der Waals surface area contributed by atoms with Gasteiger partial charge in [-0.3, -0.25) is 10.1 Å². The maximum Gasteiger partial charge on any atom is 0.232 e. The number of anilines is 1. The van der Waals surface area contributed by atoms with Crippen molar-refractivity contribution in [3.8, 4) is 0 Å². The Hall–Kier alpha value is -0.870. The first-order valence-electron chi connectivity index (χ1n) is 9.11. The van der Waals surface area contributed by atoms with Gasteiger partial charge in [-0.15, -0.1) is 0 Å². The fourth-order valence-electron chi connectivity index (χ4n) is 2.58. The highest BCUT2D eigenvalue weighted by atomic mass is 35.5. The molecule has 4 nitrogen and oxygen atoms in total. The van der Waals surface area contributed by atoms with E-state index in [4.69, 9.17) is 23.2 Å². The van der Waals surface area contributed by atoms with E-state index in [1.807, 2.05) is 0 Å². The lowest BCUT2D eigenvalue weighted by molar-refractivity contribution is -0.116. The lowest BCUT2D eigenvalue weighted by atomic mass is 10.1. The Balaban J connectivity index is 1.98. The number of rotatable bonds is 13. The molecule has 0 aliphatic rings. The van der Waals surface area contributed by atoms with E-state index in [2.05, 4.69) is 22.2 Å². The molecule has 0 bridgehead atoms. The van der Waals surface area contributed by atoms with Crippen LogP contribution in [-0.2, 0) is 4.79 Å². The molecule has 1 N–H and O–H groups in total. The Kier molecular flexibility index (Phi) is 11.8. The molecule has 6 heteroatoms. The van der Waals surface area contributed by atoms with Crippen LogP contribution in [0.25, 0.3) is 0 Å². The van der Waals surface area contributed by atoms with Crippen LogP contribution in [0.15, 0.2) is 6.07 Å². The molecule has 1 aromatic rings. The Bertz CT molecular complexity index is 463. The highest BCUT2D eigenvalue weighted by Gasteiger charge is 2.06. The number of nitrogens with zero attached hydrogens (tertiary/aromatic N) is 2. The van der Waals surface area contributed by atoms with Gasteiger partial charge in [-0.2, -0.15) is 0 Å². The molecule has 24 heavy (non-hydrogen) atoms. The van der Waals surface area contributed by atoms with Gasteiger partial charge >= 0.3 is 0 Å². The van der Waals surface area contributed by atoms with Crippen LogP contribution in [0.4, 0.5) is 5.95 Å². The Morgan fingerprint density at radius 3 is 1.83 bits per heavy atom. The SMILES string of the molecule is CCCCCCCCCCCCCC(=O)Nc1nc(Cl)cc(Cl)n1. The summed E-state index contributed by atoms with van der Waals surface area (Å²) < 4.78 is 0. The van der Waals surface area contributed by atoms with Crippen LogP contribution in [-0.4, -0.2) is 15.9 Å². The number of nitrogens with one attached hydrogen (secondary N) is 1. The second-order valence-corrected chi connectivity index (χ2v) is 6.95. The second kappa shape index (κ2) is 13.4. The van der Waals surface area contributed by atoms with Gasteiger partial charge < -0.3 is 0 Å². The van der Waals surface area contributed by atoms with Gasteiger partial charge in [-0.1, -0.05) is 94.3 Å². The first kappa shape index (κ1) is 21.2. The zero-order valence-electron chi connectivity index (χ0n) is 14.6. The Morgan fingerprint density at radius 1 is 0.875 bits per heavy atom. The van der Waals surface area contributed by atoms with Crippen molar-refractivity contribution in [2.75, 3.05) is 5.32 Å². The zero-order valence-corrected chi connectivity index (χ0v) is 16.1. The molecule has 0 atom stereocenters. The average molecular weight is 374 g/mol.